The maximum Gasteiger partial charge on any atom is 0.246 e. The molecule has 1 heterocycles. The van der Waals surface area contributed by atoms with Crippen molar-refractivity contribution in [3.8, 4) is 5.69 Å². The molecule has 3 aromatic rings. The zero-order valence-electron chi connectivity index (χ0n) is 15.6. The van der Waals surface area contributed by atoms with Crippen molar-refractivity contribution < 1.29 is 4.79 Å². The number of hydrogen-bond donors (Lipinski definition) is 2. The zero-order chi connectivity index (χ0) is 19.4. The van der Waals surface area contributed by atoms with Crippen molar-refractivity contribution in [2.24, 2.45) is 0 Å². The van der Waals surface area contributed by atoms with E-state index in [0.29, 0.717) is 10.5 Å². The lowest BCUT2D eigenvalue weighted by Crippen LogP contribution is -2.34. The Labute approximate surface area is 163 Å². The lowest BCUT2D eigenvalue weighted by Gasteiger charge is -2.26. The summed E-state index contributed by atoms with van der Waals surface area (Å²) in [4.78, 5) is 15.1. The summed E-state index contributed by atoms with van der Waals surface area (Å²) in [5.41, 5.74) is 2.53. The average Bonchev–Trinajstić information content (AvgIpc) is 3.01. The minimum Gasteiger partial charge on any atom is -0.324 e. The van der Waals surface area contributed by atoms with Crippen LogP contribution in [0.3, 0.4) is 0 Å². The fourth-order valence-electron chi connectivity index (χ4n) is 3.04. The summed E-state index contributed by atoms with van der Waals surface area (Å²) in [6.07, 6.45) is 0. The van der Waals surface area contributed by atoms with Gasteiger partial charge in [-0.25, -0.2) is 0 Å². The summed E-state index contributed by atoms with van der Waals surface area (Å²) in [7, 11) is 1.95. The number of nitrogens with one attached hydrogen (secondary N) is 2. The van der Waals surface area contributed by atoms with Gasteiger partial charge >= 0.3 is 0 Å². The summed E-state index contributed by atoms with van der Waals surface area (Å²) in [6, 6.07) is 17.0. The summed E-state index contributed by atoms with van der Waals surface area (Å²) in [6.45, 7) is 4.67. The van der Waals surface area contributed by atoms with Crippen LogP contribution in [0, 0.1) is 11.7 Å². The summed E-state index contributed by atoms with van der Waals surface area (Å²) in [5.74, 6) is 0.687. The number of aromatic amines is 1. The van der Waals surface area contributed by atoms with Crippen LogP contribution in [0.2, 0.25) is 0 Å². The standard InChI is InChI=1S/C20H23N5OS/c1-4-24(3)18(15-9-6-5-7-10-15)19(26)21-16-11-8-12-17(13-16)25-14(2)22-23-20(25)27/h5-13,18H,4H2,1-3H3,(H,21,26)(H,23,27). The summed E-state index contributed by atoms with van der Waals surface area (Å²) >= 11 is 5.29. The van der Waals surface area contributed by atoms with Gasteiger partial charge in [0.1, 0.15) is 11.9 Å². The predicted molar refractivity (Wildman–Crippen MR) is 110 cm³/mol. The van der Waals surface area contributed by atoms with Gasteiger partial charge in [-0.15, -0.1) is 0 Å². The normalized spacial score (nSPS) is 12.1. The molecule has 0 spiro atoms. The Bertz CT molecular complexity index is 979. The SMILES string of the molecule is CCN(C)C(C(=O)Nc1cccc(-n2c(C)n[nH]c2=S)c1)c1ccccc1. The van der Waals surface area contributed by atoms with Gasteiger partial charge in [-0.05, 0) is 56.5 Å². The van der Waals surface area contributed by atoms with Crippen molar-refractivity contribution in [2.75, 3.05) is 18.9 Å². The number of carbonyl (C=O) groups is 1. The molecule has 27 heavy (non-hydrogen) atoms. The molecule has 0 bridgehead atoms. The quantitative estimate of drug-likeness (QED) is 0.636. The molecular formula is C20H23N5OS. The molecule has 1 atom stereocenters. The van der Waals surface area contributed by atoms with Crippen molar-refractivity contribution in [1.29, 1.82) is 0 Å². The van der Waals surface area contributed by atoms with Gasteiger partial charge in [-0.1, -0.05) is 43.3 Å². The molecule has 0 aliphatic carbocycles. The van der Waals surface area contributed by atoms with Crippen LogP contribution >= 0.6 is 12.2 Å². The molecule has 0 fully saturated rings. The number of aromatic nitrogens is 3. The topological polar surface area (TPSA) is 66.0 Å². The van der Waals surface area contributed by atoms with E-state index in [0.717, 1.165) is 23.6 Å². The third-order valence-corrected chi connectivity index (χ3v) is 4.79. The number of benzene rings is 2. The second-order valence-corrected chi connectivity index (χ2v) is 6.72. The van der Waals surface area contributed by atoms with Crippen LogP contribution in [0.4, 0.5) is 5.69 Å². The number of H-pyrrole nitrogens is 1. The van der Waals surface area contributed by atoms with E-state index in [-0.39, 0.29) is 11.9 Å². The van der Waals surface area contributed by atoms with E-state index in [9.17, 15) is 4.79 Å². The van der Waals surface area contributed by atoms with E-state index in [4.69, 9.17) is 12.2 Å². The van der Waals surface area contributed by atoms with Gasteiger partial charge < -0.3 is 5.32 Å². The fourth-order valence-corrected chi connectivity index (χ4v) is 3.32. The monoisotopic (exact) mass is 381 g/mol. The van der Waals surface area contributed by atoms with E-state index in [1.54, 1.807) is 0 Å². The van der Waals surface area contributed by atoms with Gasteiger partial charge in [0.25, 0.3) is 0 Å². The van der Waals surface area contributed by atoms with Crippen LogP contribution in [0.5, 0.6) is 0 Å². The summed E-state index contributed by atoms with van der Waals surface area (Å²) < 4.78 is 2.35. The first-order valence-electron chi connectivity index (χ1n) is 8.81. The third-order valence-electron chi connectivity index (χ3n) is 4.52. The van der Waals surface area contributed by atoms with Gasteiger partial charge in [0.15, 0.2) is 4.77 Å². The van der Waals surface area contributed by atoms with E-state index >= 15 is 0 Å². The molecule has 0 aliphatic heterocycles. The fraction of sp³-hybridized carbons (Fsp3) is 0.250. The number of rotatable bonds is 6. The van der Waals surface area contributed by atoms with E-state index in [1.165, 1.54) is 0 Å². The van der Waals surface area contributed by atoms with Crippen molar-refractivity contribution in [3.63, 3.8) is 0 Å². The highest BCUT2D eigenvalue weighted by atomic mass is 32.1. The van der Waals surface area contributed by atoms with Gasteiger partial charge in [-0.2, -0.15) is 5.10 Å². The first kappa shape index (κ1) is 19.0. The van der Waals surface area contributed by atoms with E-state index in [2.05, 4.69) is 15.5 Å². The molecule has 1 unspecified atom stereocenters. The van der Waals surface area contributed by atoms with Gasteiger partial charge in [0.2, 0.25) is 5.91 Å². The molecule has 6 nitrogen and oxygen atoms in total. The van der Waals surface area contributed by atoms with Gasteiger partial charge in [0.05, 0.1) is 5.69 Å². The molecule has 1 aromatic heterocycles. The molecule has 1 amide bonds. The van der Waals surface area contributed by atoms with Crippen LogP contribution in [-0.2, 0) is 4.79 Å². The highest BCUT2D eigenvalue weighted by Gasteiger charge is 2.24. The van der Waals surface area contributed by atoms with Crippen LogP contribution in [-0.4, -0.2) is 39.2 Å². The number of hydrogen-bond acceptors (Lipinski definition) is 4. The minimum atomic E-state index is -0.363. The molecule has 140 valence electrons. The Balaban J connectivity index is 1.89. The van der Waals surface area contributed by atoms with Crippen molar-refractivity contribution in [1.82, 2.24) is 19.7 Å². The number of anilines is 1. The van der Waals surface area contributed by atoms with Crippen molar-refractivity contribution >= 4 is 23.8 Å². The Hall–Kier alpha value is -2.77. The lowest BCUT2D eigenvalue weighted by atomic mass is 10.0. The first-order chi connectivity index (χ1) is 13.0. The number of nitrogens with zero attached hydrogens (tertiary/aromatic N) is 3. The van der Waals surface area contributed by atoms with Gasteiger partial charge in [-0.3, -0.25) is 19.4 Å². The minimum absolute atomic E-state index is 0.0739. The van der Waals surface area contributed by atoms with Crippen molar-refractivity contribution in [2.45, 2.75) is 19.9 Å². The average molecular weight is 382 g/mol. The molecule has 2 aromatic carbocycles. The molecular weight excluding hydrogens is 358 g/mol. The Kier molecular flexibility index (Phi) is 5.83. The Morgan fingerprint density at radius 3 is 2.63 bits per heavy atom. The second-order valence-electron chi connectivity index (χ2n) is 6.34. The van der Waals surface area contributed by atoms with E-state index < -0.39 is 0 Å². The number of amides is 1. The zero-order valence-corrected chi connectivity index (χ0v) is 16.5. The largest absolute Gasteiger partial charge is 0.324 e. The number of likely N-dealkylation sites (N-methyl/N-ethyl adjacent to an activating group) is 1. The predicted octanol–water partition coefficient (Wildman–Crippen LogP) is 3.87. The highest BCUT2D eigenvalue weighted by Crippen LogP contribution is 2.23. The molecule has 7 heteroatoms. The smallest absolute Gasteiger partial charge is 0.246 e. The Morgan fingerprint density at radius 1 is 1.26 bits per heavy atom. The van der Waals surface area contributed by atoms with E-state index in [1.807, 2.05) is 85.0 Å². The molecule has 3 rings (SSSR count). The summed E-state index contributed by atoms with van der Waals surface area (Å²) in [5, 5.41) is 9.96. The van der Waals surface area contributed by atoms with Crippen molar-refractivity contribution in [3.05, 3.63) is 70.8 Å². The maximum atomic E-state index is 13.0. The highest BCUT2D eigenvalue weighted by molar-refractivity contribution is 7.71. The molecule has 0 radical (unpaired) electrons. The maximum absolute atomic E-state index is 13.0. The third kappa shape index (κ3) is 4.15. The second kappa shape index (κ2) is 8.28. The molecule has 0 aliphatic rings. The van der Waals surface area contributed by atoms with Gasteiger partial charge in [0, 0.05) is 5.69 Å². The van der Waals surface area contributed by atoms with Crippen LogP contribution in [0.1, 0.15) is 24.4 Å². The first-order valence-corrected chi connectivity index (χ1v) is 9.22. The molecule has 0 saturated carbocycles. The number of carbonyl (C=O) groups excluding carboxylic acids is 1. The lowest BCUT2D eigenvalue weighted by molar-refractivity contribution is -0.121. The van der Waals surface area contributed by atoms with Crippen LogP contribution < -0.4 is 5.32 Å². The van der Waals surface area contributed by atoms with Crippen LogP contribution in [0.15, 0.2) is 54.6 Å². The number of aryl methyl sites for hydroxylation is 1. The molecule has 0 saturated heterocycles. The Morgan fingerprint density at radius 2 is 2.00 bits per heavy atom. The van der Waals surface area contributed by atoms with Crippen LogP contribution in [0.25, 0.3) is 5.69 Å². The molecule has 2 N–H and O–H groups in total.